The Hall–Kier alpha value is -3.16. The number of nitrogens with zero attached hydrogens (tertiary/aromatic N) is 2. The second kappa shape index (κ2) is 11.3. The quantitative estimate of drug-likeness (QED) is 0.341. The van der Waals surface area contributed by atoms with Crippen molar-refractivity contribution in [3.05, 3.63) is 47.9 Å². The average molecular weight is 428 g/mol. The number of hydrogen-bond acceptors (Lipinski definition) is 5. The highest BCUT2D eigenvalue weighted by molar-refractivity contribution is 5.92. The van der Waals surface area contributed by atoms with Gasteiger partial charge in [-0.05, 0) is 44.4 Å². The predicted octanol–water partition coefficient (Wildman–Crippen LogP) is 2.55. The zero-order valence-electron chi connectivity index (χ0n) is 18.6. The summed E-state index contributed by atoms with van der Waals surface area (Å²) in [6.45, 7) is 5.08. The van der Waals surface area contributed by atoms with Crippen LogP contribution in [0.4, 0.5) is 5.69 Å². The number of furan rings is 1. The minimum atomic E-state index is -0.176. The number of ether oxygens (including phenoxy) is 1. The van der Waals surface area contributed by atoms with E-state index in [0.717, 1.165) is 49.6 Å². The maximum absolute atomic E-state index is 12.1. The number of piperidine rings is 1. The Morgan fingerprint density at radius 3 is 2.87 bits per heavy atom. The van der Waals surface area contributed by atoms with Crippen LogP contribution in [-0.4, -0.2) is 58.2 Å². The van der Waals surface area contributed by atoms with E-state index >= 15 is 0 Å². The van der Waals surface area contributed by atoms with Crippen LogP contribution in [0.5, 0.6) is 5.75 Å². The lowest BCUT2D eigenvalue weighted by molar-refractivity contribution is 0.0925. The number of carbonyl (C=O) groups is 1. The highest BCUT2D eigenvalue weighted by Gasteiger charge is 2.21. The lowest BCUT2D eigenvalue weighted by Crippen LogP contribution is -2.51. The van der Waals surface area contributed by atoms with Gasteiger partial charge in [-0.25, -0.2) is 0 Å². The van der Waals surface area contributed by atoms with Crippen molar-refractivity contribution in [2.24, 2.45) is 4.99 Å². The third kappa shape index (κ3) is 6.41. The molecule has 1 atom stereocenters. The van der Waals surface area contributed by atoms with Gasteiger partial charge in [0.05, 0.1) is 13.4 Å². The molecule has 1 aromatic carbocycles. The lowest BCUT2D eigenvalue weighted by atomic mass is 10.0. The molecule has 1 aliphatic rings. The van der Waals surface area contributed by atoms with E-state index in [0.29, 0.717) is 24.9 Å². The smallest absolute Gasteiger partial charge is 0.287 e. The number of anilines is 1. The second-order valence-electron chi connectivity index (χ2n) is 7.67. The number of nitrogens with one attached hydrogen (secondary N) is 3. The molecule has 8 nitrogen and oxygen atoms in total. The molecule has 8 heteroatoms. The molecule has 0 bridgehead atoms. The Balaban J connectivity index is 1.40. The van der Waals surface area contributed by atoms with Crippen molar-refractivity contribution in [2.45, 2.75) is 32.2 Å². The van der Waals surface area contributed by atoms with E-state index < -0.39 is 0 Å². The molecule has 3 rings (SSSR count). The molecular formula is C23H33N5O3. The first-order chi connectivity index (χ1) is 15.1. The Morgan fingerprint density at radius 2 is 2.13 bits per heavy atom. The number of aryl methyl sites for hydroxylation is 1. The van der Waals surface area contributed by atoms with E-state index in [1.807, 2.05) is 19.1 Å². The standard InChI is InChI=1S/C23H33N5O3/c1-17-10-14-31-21(17)22(29)25-11-6-12-26-23(24-2)27-18-7-5-13-28(16-18)19-8-4-9-20(15-19)30-3/h4,8-10,14-15,18H,5-7,11-13,16H2,1-3H3,(H,25,29)(H2,24,26,27). The van der Waals surface area contributed by atoms with Crippen molar-refractivity contribution in [1.29, 1.82) is 0 Å². The predicted molar refractivity (Wildman–Crippen MR) is 123 cm³/mol. The summed E-state index contributed by atoms with van der Waals surface area (Å²) in [5.41, 5.74) is 2.02. The fraction of sp³-hybridized carbons (Fsp3) is 0.478. The van der Waals surface area contributed by atoms with E-state index in [9.17, 15) is 4.79 Å². The Bertz CT molecular complexity index is 880. The van der Waals surface area contributed by atoms with Crippen molar-refractivity contribution < 1.29 is 13.9 Å². The average Bonchev–Trinajstić information content (AvgIpc) is 3.24. The Labute approximate surface area is 184 Å². The minimum Gasteiger partial charge on any atom is -0.497 e. The maximum Gasteiger partial charge on any atom is 0.287 e. The monoisotopic (exact) mass is 427 g/mol. The molecule has 1 aliphatic heterocycles. The molecule has 3 N–H and O–H groups in total. The van der Waals surface area contributed by atoms with Crippen LogP contribution in [0.25, 0.3) is 0 Å². The van der Waals surface area contributed by atoms with E-state index in [-0.39, 0.29) is 5.91 Å². The van der Waals surface area contributed by atoms with Gasteiger partial charge in [0, 0.05) is 56.6 Å². The second-order valence-corrected chi connectivity index (χ2v) is 7.67. The van der Waals surface area contributed by atoms with Crippen molar-refractivity contribution in [1.82, 2.24) is 16.0 Å². The molecule has 0 saturated carbocycles. The van der Waals surface area contributed by atoms with Gasteiger partial charge >= 0.3 is 0 Å². The normalized spacial score (nSPS) is 16.7. The van der Waals surface area contributed by atoms with Gasteiger partial charge in [0.2, 0.25) is 0 Å². The van der Waals surface area contributed by atoms with Crippen molar-refractivity contribution in [3.63, 3.8) is 0 Å². The molecular weight excluding hydrogens is 394 g/mol. The molecule has 2 heterocycles. The number of rotatable bonds is 8. The first-order valence-electron chi connectivity index (χ1n) is 10.8. The first kappa shape index (κ1) is 22.5. The van der Waals surface area contributed by atoms with Crippen LogP contribution in [0.1, 0.15) is 35.4 Å². The van der Waals surface area contributed by atoms with Crippen LogP contribution < -0.4 is 25.6 Å². The van der Waals surface area contributed by atoms with Crippen LogP contribution in [0, 0.1) is 6.92 Å². The summed E-state index contributed by atoms with van der Waals surface area (Å²) >= 11 is 0. The fourth-order valence-corrected chi connectivity index (χ4v) is 3.71. The van der Waals surface area contributed by atoms with Crippen LogP contribution >= 0.6 is 0 Å². The summed E-state index contributed by atoms with van der Waals surface area (Å²) in [6.07, 6.45) is 4.53. The Morgan fingerprint density at radius 1 is 1.29 bits per heavy atom. The van der Waals surface area contributed by atoms with E-state index in [1.165, 1.54) is 12.0 Å². The number of amides is 1. The van der Waals surface area contributed by atoms with Crippen molar-refractivity contribution in [3.8, 4) is 5.75 Å². The molecule has 1 saturated heterocycles. The zero-order valence-corrected chi connectivity index (χ0v) is 18.6. The zero-order chi connectivity index (χ0) is 22.1. The topological polar surface area (TPSA) is 91.1 Å². The molecule has 168 valence electrons. The van der Waals surface area contributed by atoms with Gasteiger partial charge in [-0.15, -0.1) is 0 Å². The van der Waals surface area contributed by atoms with Gasteiger partial charge in [0.15, 0.2) is 11.7 Å². The van der Waals surface area contributed by atoms with Crippen LogP contribution in [0.3, 0.4) is 0 Å². The number of benzene rings is 1. The fourth-order valence-electron chi connectivity index (χ4n) is 3.71. The maximum atomic E-state index is 12.1. The summed E-state index contributed by atoms with van der Waals surface area (Å²) in [7, 11) is 3.47. The molecule has 1 aromatic heterocycles. The highest BCUT2D eigenvalue weighted by Crippen LogP contribution is 2.24. The van der Waals surface area contributed by atoms with Gasteiger partial charge in [0.25, 0.3) is 5.91 Å². The molecule has 1 amide bonds. The van der Waals surface area contributed by atoms with E-state index in [2.05, 4.69) is 38.0 Å². The molecule has 1 fully saturated rings. The third-order valence-electron chi connectivity index (χ3n) is 5.40. The first-order valence-corrected chi connectivity index (χ1v) is 10.8. The van der Waals surface area contributed by atoms with Gasteiger partial charge < -0.3 is 30.0 Å². The van der Waals surface area contributed by atoms with Gasteiger partial charge in [0.1, 0.15) is 5.75 Å². The van der Waals surface area contributed by atoms with Crippen LogP contribution in [0.2, 0.25) is 0 Å². The third-order valence-corrected chi connectivity index (χ3v) is 5.40. The van der Waals surface area contributed by atoms with Crippen molar-refractivity contribution in [2.75, 3.05) is 45.2 Å². The summed E-state index contributed by atoms with van der Waals surface area (Å²) in [6, 6.07) is 10.3. The number of guanidine groups is 1. The SMILES string of the molecule is CN=C(NCCCNC(=O)c1occc1C)NC1CCCN(c2cccc(OC)c2)C1. The largest absolute Gasteiger partial charge is 0.497 e. The van der Waals surface area contributed by atoms with Crippen molar-refractivity contribution >= 4 is 17.6 Å². The van der Waals surface area contributed by atoms with Gasteiger partial charge in [-0.2, -0.15) is 0 Å². The summed E-state index contributed by atoms with van der Waals surface area (Å²) in [4.78, 5) is 18.8. The minimum absolute atomic E-state index is 0.176. The lowest BCUT2D eigenvalue weighted by Gasteiger charge is -2.35. The van der Waals surface area contributed by atoms with E-state index in [4.69, 9.17) is 9.15 Å². The number of methoxy groups -OCH3 is 1. The summed E-state index contributed by atoms with van der Waals surface area (Å²) in [5.74, 6) is 1.86. The highest BCUT2D eigenvalue weighted by atomic mass is 16.5. The molecule has 0 aliphatic carbocycles. The number of aliphatic imine (C=N–C) groups is 1. The molecule has 1 unspecified atom stereocenters. The Kier molecular flexibility index (Phi) is 8.20. The molecule has 0 spiro atoms. The molecule has 31 heavy (non-hydrogen) atoms. The van der Waals surface area contributed by atoms with Gasteiger partial charge in [-0.1, -0.05) is 6.07 Å². The summed E-state index contributed by atoms with van der Waals surface area (Å²) in [5, 5.41) is 9.74. The molecule has 0 radical (unpaired) electrons. The van der Waals surface area contributed by atoms with Crippen LogP contribution in [-0.2, 0) is 0 Å². The summed E-state index contributed by atoms with van der Waals surface area (Å²) < 4.78 is 10.6. The van der Waals surface area contributed by atoms with E-state index in [1.54, 1.807) is 20.2 Å². The van der Waals surface area contributed by atoms with Crippen LogP contribution in [0.15, 0.2) is 46.0 Å². The number of carbonyl (C=O) groups excluding carboxylic acids is 1. The number of hydrogen-bond donors (Lipinski definition) is 3. The van der Waals surface area contributed by atoms with Gasteiger partial charge in [-0.3, -0.25) is 9.79 Å². The molecule has 2 aromatic rings.